The Kier molecular flexibility index (Phi) is 5.07. The first-order valence-corrected chi connectivity index (χ1v) is 5.63. The molecule has 82 valence electrons. The summed E-state index contributed by atoms with van der Waals surface area (Å²) in [6, 6.07) is 3.84. The second-order valence-corrected chi connectivity index (χ2v) is 3.80. The van der Waals surface area contributed by atoms with Crippen LogP contribution in [-0.4, -0.2) is 19.2 Å². The molecule has 0 radical (unpaired) electrons. The molecule has 0 aromatic carbocycles. The van der Waals surface area contributed by atoms with Gasteiger partial charge in [-0.25, -0.2) is 0 Å². The molecule has 1 aromatic rings. The van der Waals surface area contributed by atoms with Crippen molar-refractivity contribution in [1.82, 2.24) is 0 Å². The van der Waals surface area contributed by atoms with E-state index in [2.05, 4.69) is 0 Å². The predicted octanol–water partition coefficient (Wildman–Crippen LogP) is 2.69. The number of carbonyl (C=O) groups is 1. The van der Waals surface area contributed by atoms with Gasteiger partial charge < -0.3 is 9.47 Å². The van der Waals surface area contributed by atoms with E-state index in [-0.39, 0.29) is 0 Å². The molecule has 15 heavy (non-hydrogen) atoms. The van der Waals surface area contributed by atoms with Gasteiger partial charge in [-0.15, -0.1) is 11.3 Å². The van der Waals surface area contributed by atoms with E-state index in [1.165, 1.54) is 0 Å². The lowest BCUT2D eigenvalue weighted by Crippen LogP contribution is -2.12. The van der Waals surface area contributed by atoms with Gasteiger partial charge in [0.1, 0.15) is 0 Å². The van der Waals surface area contributed by atoms with Gasteiger partial charge >= 0.3 is 0 Å². The summed E-state index contributed by atoms with van der Waals surface area (Å²) in [6.45, 7) is 4.20. The SMILES string of the molecule is CCOC(C)O/C(C=O)=C/c1cccs1. The molecule has 4 heteroatoms. The summed E-state index contributed by atoms with van der Waals surface area (Å²) in [5, 5.41) is 1.94. The number of thiophene rings is 1. The lowest BCUT2D eigenvalue weighted by molar-refractivity contribution is -0.122. The third-order valence-electron chi connectivity index (χ3n) is 1.65. The summed E-state index contributed by atoms with van der Waals surface area (Å²) in [4.78, 5) is 11.7. The first-order valence-electron chi connectivity index (χ1n) is 4.75. The zero-order valence-electron chi connectivity index (χ0n) is 8.80. The number of carbonyl (C=O) groups excluding carboxylic acids is 1. The van der Waals surface area contributed by atoms with E-state index < -0.39 is 6.29 Å². The van der Waals surface area contributed by atoms with Crippen LogP contribution in [0, 0.1) is 0 Å². The number of ether oxygens (including phenoxy) is 2. The van der Waals surface area contributed by atoms with E-state index in [0.29, 0.717) is 18.7 Å². The van der Waals surface area contributed by atoms with Gasteiger partial charge in [0.2, 0.25) is 0 Å². The summed E-state index contributed by atoms with van der Waals surface area (Å²) in [7, 11) is 0. The average molecular weight is 226 g/mol. The Morgan fingerprint density at radius 3 is 3.00 bits per heavy atom. The molecule has 0 amide bonds. The Labute approximate surface area is 93.3 Å². The molecule has 0 saturated heterocycles. The van der Waals surface area contributed by atoms with Crippen molar-refractivity contribution >= 4 is 23.7 Å². The highest BCUT2D eigenvalue weighted by Crippen LogP contribution is 2.14. The quantitative estimate of drug-likeness (QED) is 0.324. The Hall–Kier alpha value is -1.13. The van der Waals surface area contributed by atoms with Crippen LogP contribution in [0.2, 0.25) is 0 Å². The van der Waals surface area contributed by atoms with Gasteiger partial charge in [-0.2, -0.15) is 0 Å². The number of allylic oxidation sites excluding steroid dienone is 1. The van der Waals surface area contributed by atoms with Gasteiger partial charge in [-0.3, -0.25) is 4.79 Å². The Balaban J connectivity index is 2.59. The van der Waals surface area contributed by atoms with Gasteiger partial charge in [-0.1, -0.05) is 6.07 Å². The normalized spacial score (nSPS) is 13.6. The Morgan fingerprint density at radius 2 is 2.47 bits per heavy atom. The lowest BCUT2D eigenvalue weighted by Gasteiger charge is -2.13. The maximum atomic E-state index is 10.7. The Morgan fingerprint density at radius 1 is 1.67 bits per heavy atom. The van der Waals surface area contributed by atoms with Crippen LogP contribution in [0.4, 0.5) is 0 Å². The third kappa shape index (κ3) is 4.27. The maximum absolute atomic E-state index is 10.7. The molecule has 0 bridgehead atoms. The molecular weight excluding hydrogens is 212 g/mol. The second-order valence-electron chi connectivity index (χ2n) is 2.82. The first-order chi connectivity index (χ1) is 7.26. The van der Waals surface area contributed by atoms with Crippen LogP contribution in [0.1, 0.15) is 18.7 Å². The lowest BCUT2D eigenvalue weighted by atomic mass is 10.4. The molecule has 0 spiro atoms. The summed E-state index contributed by atoms with van der Waals surface area (Å²) < 4.78 is 10.5. The van der Waals surface area contributed by atoms with Crippen molar-refractivity contribution in [3.05, 3.63) is 28.1 Å². The third-order valence-corrected chi connectivity index (χ3v) is 2.47. The van der Waals surface area contributed by atoms with E-state index in [0.717, 1.165) is 4.88 Å². The average Bonchev–Trinajstić information content (AvgIpc) is 2.70. The van der Waals surface area contributed by atoms with Crippen LogP contribution in [0.3, 0.4) is 0 Å². The van der Waals surface area contributed by atoms with E-state index in [9.17, 15) is 4.79 Å². The van der Waals surface area contributed by atoms with E-state index >= 15 is 0 Å². The second kappa shape index (κ2) is 6.37. The summed E-state index contributed by atoms with van der Waals surface area (Å²) >= 11 is 1.55. The highest BCUT2D eigenvalue weighted by Gasteiger charge is 2.04. The molecule has 0 aliphatic heterocycles. The van der Waals surface area contributed by atoms with Gasteiger partial charge in [0.05, 0.1) is 0 Å². The molecule has 0 aliphatic carbocycles. The molecule has 1 rings (SSSR count). The van der Waals surface area contributed by atoms with Crippen LogP contribution in [0.5, 0.6) is 0 Å². The molecule has 0 aliphatic rings. The molecular formula is C11H14O3S. The molecule has 1 heterocycles. The maximum Gasteiger partial charge on any atom is 0.197 e. The molecule has 0 fully saturated rings. The van der Waals surface area contributed by atoms with Crippen LogP contribution in [-0.2, 0) is 14.3 Å². The van der Waals surface area contributed by atoms with Gasteiger partial charge in [0, 0.05) is 17.6 Å². The van der Waals surface area contributed by atoms with Crippen LogP contribution in [0.15, 0.2) is 23.3 Å². The largest absolute Gasteiger partial charge is 0.462 e. The van der Waals surface area contributed by atoms with Crippen molar-refractivity contribution in [3.8, 4) is 0 Å². The first kappa shape index (κ1) is 11.9. The fourth-order valence-corrected chi connectivity index (χ4v) is 1.73. The minimum atomic E-state index is -0.397. The molecule has 3 nitrogen and oxygen atoms in total. The topological polar surface area (TPSA) is 35.5 Å². The van der Waals surface area contributed by atoms with E-state index in [1.54, 1.807) is 24.3 Å². The fourth-order valence-electron chi connectivity index (χ4n) is 1.07. The zero-order valence-corrected chi connectivity index (χ0v) is 9.62. The van der Waals surface area contributed by atoms with Crippen LogP contribution < -0.4 is 0 Å². The fraction of sp³-hybridized carbons (Fsp3) is 0.364. The van der Waals surface area contributed by atoms with Crippen molar-refractivity contribution in [1.29, 1.82) is 0 Å². The van der Waals surface area contributed by atoms with Crippen molar-refractivity contribution in [2.75, 3.05) is 6.61 Å². The molecule has 1 aromatic heterocycles. The molecule has 0 saturated carbocycles. The van der Waals surface area contributed by atoms with Crippen molar-refractivity contribution in [2.24, 2.45) is 0 Å². The zero-order chi connectivity index (χ0) is 11.1. The van der Waals surface area contributed by atoms with Crippen LogP contribution in [0.25, 0.3) is 6.08 Å². The van der Waals surface area contributed by atoms with Gasteiger partial charge in [0.25, 0.3) is 0 Å². The highest BCUT2D eigenvalue weighted by molar-refractivity contribution is 7.10. The van der Waals surface area contributed by atoms with E-state index in [4.69, 9.17) is 9.47 Å². The van der Waals surface area contributed by atoms with Gasteiger partial charge in [0.15, 0.2) is 18.3 Å². The van der Waals surface area contributed by atoms with Gasteiger partial charge in [-0.05, 0) is 25.3 Å². The Bertz CT molecular complexity index is 317. The minimum Gasteiger partial charge on any atom is -0.462 e. The predicted molar refractivity (Wildman–Crippen MR) is 60.5 cm³/mol. The number of rotatable bonds is 6. The smallest absolute Gasteiger partial charge is 0.197 e. The summed E-state index contributed by atoms with van der Waals surface area (Å²) in [5.74, 6) is 0.290. The minimum absolute atomic E-state index is 0.290. The summed E-state index contributed by atoms with van der Waals surface area (Å²) in [5.41, 5.74) is 0. The van der Waals surface area contributed by atoms with Crippen LogP contribution >= 0.6 is 11.3 Å². The van der Waals surface area contributed by atoms with Crippen molar-refractivity contribution in [2.45, 2.75) is 20.1 Å². The summed E-state index contributed by atoms with van der Waals surface area (Å²) in [6.07, 6.45) is 1.99. The molecule has 0 N–H and O–H groups in total. The number of hydrogen-bond donors (Lipinski definition) is 0. The van der Waals surface area contributed by atoms with Crippen molar-refractivity contribution in [3.63, 3.8) is 0 Å². The number of hydrogen-bond acceptors (Lipinski definition) is 4. The molecule has 1 unspecified atom stereocenters. The van der Waals surface area contributed by atoms with Crippen molar-refractivity contribution < 1.29 is 14.3 Å². The highest BCUT2D eigenvalue weighted by atomic mass is 32.1. The monoisotopic (exact) mass is 226 g/mol. The standard InChI is InChI=1S/C11H14O3S/c1-3-13-9(2)14-10(8-12)7-11-5-4-6-15-11/h4-9H,3H2,1-2H3/b10-7+. The number of aldehydes is 1. The molecule has 1 atom stereocenters. The van der Waals surface area contributed by atoms with E-state index in [1.807, 2.05) is 24.4 Å².